The minimum Gasteiger partial charge on any atom is -0.372 e. The van der Waals surface area contributed by atoms with E-state index in [1.165, 1.54) is 6.20 Å². The van der Waals surface area contributed by atoms with E-state index >= 15 is 0 Å². The monoisotopic (exact) mass is 286 g/mol. The summed E-state index contributed by atoms with van der Waals surface area (Å²) in [4.78, 5) is 18.0. The Morgan fingerprint density at radius 1 is 1.52 bits per heavy atom. The molecule has 1 aliphatic rings. The van der Waals surface area contributed by atoms with Crippen molar-refractivity contribution in [2.45, 2.75) is 26.1 Å². The number of morpholine rings is 1. The van der Waals surface area contributed by atoms with Crippen LogP contribution < -0.4 is 5.32 Å². The minimum atomic E-state index is -0.282. The first kappa shape index (κ1) is 15.0. The summed E-state index contributed by atoms with van der Waals surface area (Å²) in [7, 11) is 0. The third-order valence-electron chi connectivity index (χ3n) is 3.10. The molecule has 0 radical (unpaired) electrons. The molecule has 2 heterocycles. The lowest BCUT2D eigenvalue weighted by molar-refractivity contribution is -0.138. The van der Waals surface area contributed by atoms with Gasteiger partial charge in [0.2, 0.25) is 0 Å². The van der Waals surface area contributed by atoms with E-state index in [9.17, 15) is 10.1 Å². The molecule has 2 rings (SSSR count). The van der Waals surface area contributed by atoms with Crippen molar-refractivity contribution in [1.82, 2.24) is 9.88 Å². The molecule has 1 fully saturated rings. The van der Waals surface area contributed by atoms with Gasteiger partial charge in [-0.3, -0.25) is 9.78 Å². The Morgan fingerprint density at radius 2 is 2.24 bits per heavy atom. The summed E-state index contributed by atoms with van der Waals surface area (Å²) < 4.78 is 5.59. The molecule has 2 unspecified atom stereocenters. The van der Waals surface area contributed by atoms with E-state index in [4.69, 9.17) is 4.74 Å². The highest BCUT2D eigenvalue weighted by molar-refractivity contribution is 5.97. The van der Waals surface area contributed by atoms with E-state index in [0.29, 0.717) is 13.1 Å². The van der Waals surface area contributed by atoms with Crippen LogP contribution in [-0.4, -0.2) is 41.1 Å². The van der Waals surface area contributed by atoms with Gasteiger partial charge in [0.15, 0.2) is 0 Å². The number of rotatable bonds is 3. The number of hydrogen-bond donors (Lipinski definition) is 1. The van der Waals surface area contributed by atoms with Crippen molar-refractivity contribution in [1.29, 1.82) is 5.26 Å². The van der Waals surface area contributed by atoms with Crippen molar-refractivity contribution >= 4 is 11.6 Å². The number of amides is 1. The van der Waals surface area contributed by atoms with Gasteiger partial charge in [0.05, 0.1) is 24.1 Å². The van der Waals surface area contributed by atoms with Crippen LogP contribution in [0.4, 0.5) is 5.69 Å². The highest BCUT2D eigenvalue weighted by Crippen LogP contribution is 2.14. The van der Waals surface area contributed by atoms with Crippen LogP contribution in [0.5, 0.6) is 0 Å². The molecule has 0 bridgehead atoms. The lowest BCUT2D eigenvalue weighted by Crippen LogP contribution is -2.48. The smallest absolute Gasteiger partial charge is 0.266 e. The topological polar surface area (TPSA) is 78.3 Å². The molecule has 6 nitrogen and oxygen atoms in total. The third kappa shape index (κ3) is 4.04. The Morgan fingerprint density at radius 3 is 2.81 bits per heavy atom. The number of pyridine rings is 1. The minimum absolute atomic E-state index is 0.0241. The first-order chi connectivity index (χ1) is 10.1. The molecule has 1 amide bonds. The van der Waals surface area contributed by atoms with Crippen LogP contribution >= 0.6 is 0 Å². The number of carbonyl (C=O) groups is 1. The SMILES string of the molecule is CC1CN(C(=O)/C(C#N)=C\Nc2cccnc2)CC(C)O1. The Balaban J connectivity index is 2.06. The van der Waals surface area contributed by atoms with E-state index in [-0.39, 0.29) is 23.7 Å². The van der Waals surface area contributed by atoms with Gasteiger partial charge >= 0.3 is 0 Å². The maximum Gasteiger partial charge on any atom is 0.266 e. The van der Waals surface area contributed by atoms with E-state index in [1.54, 1.807) is 23.4 Å². The van der Waals surface area contributed by atoms with Gasteiger partial charge in [0, 0.05) is 25.5 Å². The Labute approximate surface area is 124 Å². The molecule has 0 aromatic carbocycles. The fourth-order valence-corrected chi connectivity index (χ4v) is 2.26. The van der Waals surface area contributed by atoms with Gasteiger partial charge in [-0.05, 0) is 26.0 Å². The summed E-state index contributed by atoms with van der Waals surface area (Å²) in [5.74, 6) is -0.282. The van der Waals surface area contributed by atoms with Crippen LogP contribution in [-0.2, 0) is 9.53 Å². The van der Waals surface area contributed by atoms with Crippen LogP contribution in [0.15, 0.2) is 36.3 Å². The molecule has 1 aliphatic heterocycles. The summed E-state index contributed by atoms with van der Waals surface area (Å²) in [5.41, 5.74) is 0.793. The van der Waals surface area contributed by atoms with Crippen molar-refractivity contribution in [3.8, 4) is 6.07 Å². The first-order valence-corrected chi connectivity index (χ1v) is 6.81. The molecule has 1 aromatic rings. The molecule has 1 saturated heterocycles. The van der Waals surface area contributed by atoms with Gasteiger partial charge in [-0.1, -0.05) is 0 Å². The summed E-state index contributed by atoms with van der Waals surface area (Å²) in [6, 6.07) is 5.53. The van der Waals surface area contributed by atoms with Crippen LogP contribution in [0.25, 0.3) is 0 Å². The van der Waals surface area contributed by atoms with E-state index < -0.39 is 0 Å². The summed E-state index contributed by atoms with van der Waals surface area (Å²) in [5, 5.41) is 12.1. The number of aromatic nitrogens is 1. The fourth-order valence-electron chi connectivity index (χ4n) is 2.26. The lowest BCUT2D eigenvalue weighted by Gasteiger charge is -2.35. The van der Waals surface area contributed by atoms with Crippen molar-refractivity contribution in [3.05, 3.63) is 36.3 Å². The molecule has 110 valence electrons. The maximum absolute atomic E-state index is 12.4. The number of nitrogens with one attached hydrogen (secondary N) is 1. The van der Waals surface area contributed by atoms with Crippen molar-refractivity contribution in [2.24, 2.45) is 0 Å². The average molecular weight is 286 g/mol. The zero-order valence-electron chi connectivity index (χ0n) is 12.1. The molecule has 21 heavy (non-hydrogen) atoms. The predicted molar refractivity (Wildman–Crippen MR) is 78.1 cm³/mol. The number of anilines is 1. The highest BCUT2D eigenvalue weighted by Gasteiger charge is 2.27. The van der Waals surface area contributed by atoms with Gasteiger partial charge in [-0.25, -0.2) is 0 Å². The van der Waals surface area contributed by atoms with Gasteiger partial charge in [-0.2, -0.15) is 5.26 Å². The molecule has 0 aliphatic carbocycles. The molecular weight excluding hydrogens is 268 g/mol. The fraction of sp³-hybridized carbons (Fsp3) is 0.400. The van der Waals surface area contributed by atoms with Crippen molar-refractivity contribution < 1.29 is 9.53 Å². The van der Waals surface area contributed by atoms with E-state index in [0.717, 1.165) is 5.69 Å². The average Bonchev–Trinajstić information content (AvgIpc) is 2.47. The molecule has 0 spiro atoms. The normalized spacial score (nSPS) is 22.5. The predicted octanol–water partition coefficient (Wildman–Crippen LogP) is 1.54. The van der Waals surface area contributed by atoms with Gasteiger partial charge in [0.25, 0.3) is 5.91 Å². The second-order valence-corrected chi connectivity index (χ2v) is 5.02. The Kier molecular flexibility index (Phi) is 4.90. The van der Waals surface area contributed by atoms with E-state index in [2.05, 4.69) is 10.3 Å². The molecule has 0 saturated carbocycles. The van der Waals surface area contributed by atoms with Crippen molar-refractivity contribution in [3.63, 3.8) is 0 Å². The summed E-state index contributed by atoms with van der Waals surface area (Å²) in [6.45, 7) is 4.82. The number of nitrogens with zero attached hydrogens (tertiary/aromatic N) is 3. The molecule has 2 atom stereocenters. The van der Waals surface area contributed by atoms with Crippen LogP contribution in [0.3, 0.4) is 0 Å². The highest BCUT2D eigenvalue weighted by atomic mass is 16.5. The number of carbonyl (C=O) groups excluding carboxylic acids is 1. The first-order valence-electron chi connectivity index (χ1n) is 6.81. The quantitative estimate of drug-likeness (QED) is 0.673. The summed E-state index contributed by atoms with van der Waals surface area (Å²) >= 11 is 0. The number of ether oxygens (including phenoxy) is 1. The molecule has 6 heteroatoms. The largest absolute Gasteiger partial charge is 0.372 e. The molecule has 1 N–H and O–H groups in total. The van der Waals surface area contributed by atoms with Gasteiger partial charge < -0.3 is 15.0 Å². The second-order valence-electron chi connectivity index (χ2n) is 5.02. The van der Waals surface area contributed by atoms with Crippen LogP contribution in [0, 0.1) is 11.3 Å². The standard InChI is InChI=1S/C15H18N4O2/c1-11-9-19(10-12(2)21-11)15(20)13(6-16)7-18-14-4-3-5-17-8-14/h3-5,7-8,11-12,18H,9-10H2,1-2H3/b13-7-. The van der Waals surface area contributed by atoms with Gasteiger partial charge in [0.1, 0.15) is 11.6 Å². The summed E-state index contributed by atoms with van der Waals surface area (Å²) in [6.07, 6.45) is 4.65. The molecular formula is C15H18N4O2. The number of nitriles is 1. The Bertz CT molecular complexity index is 555. The zero-order valence-corrected chi connectivity index (χ0v) is 12.1. The lowest BCUT2D eigenvalue weighted by atomic mass is 10.2. The Hall–Kier alpha value is -2.39. The van der Waals surface area contributed by atoms with E-state index in [1.807, 2.05) is 26.0 Å². The second kappa shape index (κ2) is 6.86. The van der Waals surface area contributed by atoms with Crippen molar-refractivity contribution in [2.75, 3.05) is 18.4 Å². The molecule has 1 aromatic heterocycles. The third-order valence-corrected chi connectivity index (χ3v) is 3.10. The van der Waals surface area contributed by atoms with Crippen LogP contribution in [0.1, 0.15) is 13.8 Å². The van der Waals surface area contributed by atoms with Gasteiger partial charge in [-0.15, -0.1) is 0 Å². The number of hydrogen-bond acceptors (Lipinski definition) is 5. The zero-order chi connectivity index (χ0) is 15.2. The maximum atomic E-state index is 12.4. The van der Waals surface area contributed by atoms with Crippen LogP contribution in [0.2, 0.25) is 0 Å².